The second kappa shape index (κ2) is 3.01. The zero-order valence-electron chi connectivity index (χ0n) is 7.08. The monoisotopic (exact) mass is 196 g/mol. The van der Waals surface area contributed by atoms with Crippen molar-refractivity contribution in [3.63, 3.8) is 0 Å². The highest BCUT2D eigenvalue weighted by molar-refractivity contribution is 6.31. The van der Waals surface area contributed by atoms with Gasteiger partial charge in [0.05, 0.1) is 17.3 Å². The van der Waals surface area contributed by atoms with Crippen LogP contribution in [0, 0.1) is 0 Å². The molecule has 0 fully saturated rings. The zero-order chi connectivity index (χ0) is 9.42. The quantitative estimate of drug-likeness (QED) is 0.735. The van der Waals surface area contributed by atoms with Gasteiger partial charge in [-0.25, -0.2) is 0 Å². The third kappa shape index (κ3) is 1.41. The predicted octanol–water partition coefficient (Wildman–Crippen LogP) is 2.27. The van der Waals surface area contributed by atoms with E-state index < -0.39 is 6.10 Å². The van der Waals surface area contributed by atoms with Crippen LogP contribution in [0.3, 0.4) is 0 Å². The van der Waals surface area contributed by atoms with Gasteiger partial charge in [0.1, 0.15) is 0 Å². The van der Waals surface area contributed by atoms with Crippen molar-refractivity contribution in [1.82, 2.24) is 10.2 Å². The van der Waals surface area contributed by atoms with Crippen LogP contribution >= 0.6 is 11.6 Å². The van der Waals surface area contributed by atoms with Gasteiger partial charge in [-0.3, -0.25) is 5.10 Å². The molecule has 1 unspecified atom stereocenters. The summed E-state index contributed by atoms with van der Waals surface area (Å²) >= 11 is 5.83. The minimum absolute atomic E-state index is 0.577. The minimum atomic E-state index is -0.577. The van der Waals surface area contributed by atoms with E-state index in [9.17, 15) is 5.11 Å². The molecule has 68 valence electrons. The highest BCUT2D eigenvalue weighted by Crippen LogP contribution is 2.24. The molecule has 0 aliphatic carbocycles. The molecule has 4 heteroatoms. The van der Waals surface area contributed by atoms with Crippen LogP contribution in [0.15, 0.2) is 18.2 Å². The highest BCUT2D eigenvalue weighted by Gasteiger charge is 2.10. The van der Waals surface area contributed by atoms with E-state index in [-0.39, 0.29) is 0 Å². The van der Waals surface area contributed by atoms with Crippen molar-refractivity contribution < 1.29 is 5.11 Å². The second-order valence-corrected chi connectivity index (χ2v) is 3.41. The van der Waals surface area contributed by atoms with E-state index in [4.69, 9.17) is 11.6 Å². The number of aliphatic hydroxyl groups is 1. The summed E-state index contributed by atoms with van der Waals surface area (Å²) in [6, 6.07) is 5.42. The number of aliphatic hydroxyl groups excluding tert-OH is 1. The number of rotatable bonds is 1. The molecule has 0 aliphatic rings. The molecule has 0 aliphatic heterocycles. The number of benzene rings is 1. The fraction of sp³-hybridized carbons (Fsp3) is 0.222. The summed E-state index contributed by atoms with van der Waals surface area (Å²) in [7, 11) is 0. The van der Waals surface area contributed by atoms with Crippen molar-refractivity contribution >= 4 is 22.5 Å². The maximum Gasteiger partial charge on any atom is 0.0983 e. The van der Waals surface area contributed by atoms with Crippen molar-refractivity contribution in [1.29, 1.82) is 0 Å². The Bertz CT molecular complexity index is 436. The Morgan fingerprint density at radius 3 is 3.00 bits per heavy atom. The summed E-state index contributed by atoms with van der Waals surface area (Å²) in [5.41, 5.74) is 1.53. The molecule has 3 nitrogen and oxygen atoms in total. The lowest BCUT2D eigenvalue weighted by molar-refractivity contribution is 0.195. The molecule has 2 rings (SSSR count). The molecule has 1 atom stereocenters. The Labute approximate surface area is 80.3 Å². The molecule has 1 heterocycles. The smallest absolute Gasteiger partial charge is 0.0983 e. The Hall–Kier alpha value is -1.06. The fourth-order valence-corrected chi connectivity index (χ4v) is 1.50. The van der Waals surface area contributed by atoms with Gasteiger partial charge in [0.15, 0.2) is 0 Å². The van der Waals surface area contributed by atoms with Crippen LogP contribution in [-0.4, -0.2) is 15.3 Å². The average Bonchev–Trinajstić information content (AvgIpc) is 2.46. The van der Waals surface area contributed by atoms with Crippen LogP contribution in [0.2, 0.25) is 5.02 Å². The van der Waals surface area contributed by atoms with E-state index in [1.54, 1.807) is 19.1 Å². The lowest BCUT2D eigenvalue weighted by atomic mass is 10.1. The van der Waals surface area contributed by atoms with Gasteiger partial charge in [0, 0.05) is 10.4 Å². The number of H-pyrrole nitrogens is 1. The maximum atomic E-state index is 9.38. The first-order valence-corrected chi connectivity index (χ1v) is 4.38. The van der Waals surface area contributed by atoms with Gasteiger partial charge in [-0.15, -0.1) is 0 Å². The highest BCUT2D eigenvalue weighted by atomic mass is 35.5. The third-order valence-corrected chi connectivity index (χ3v) is 2.19. The molecule has 0 saturated carbocycles. The van der Waals surface area contributed by atoms with Crippen molar-refractivity contribution in [3.8, 4) is 0 Å². The van der Waals surface area contributed by atoms with Gasteiger partial charge in [-0.05, 0) is 25.1 Å². The first-order chi connectivity index (χ1) is 6.18. The molecule has 1 aromatic heterocycles. The van der Waals surface area contributed by atoms with Crippen molar-refractivity contribution in [2.45, 2.75) is 13.0 Å². The van der Waals surface area contributed by atoms with E-state index in [0.717, 1.165) is 10.9 Å². The normalized spacial score (nSPS) is 13.5. The Morgan fingerprint density at radius 1 is 1.54 bits per heavy atom. The van der Waals surface area contributed by atoms with Crippen LogP contribution in [0.1, 0.15) is 18.7 Å². The molecular formula is C9H9ClN2O. The SMILES string of the molecule is CC(O)c1n[nH]c2ccc(Cl)cc12. The molecule has 0 bridgehead atoms. The van der Waals surface area contributed by atoms with Crippen LogP contribution < -0.4 is 0 Å². The number of aromatic amines is 1. The Kier molecular flexibility index (Phi) is 1.98. The summed E-state index contributed by atoms with van der Waals surface area (Å²) in [6.45, 7) is 1.68. The first-order valence-electron chi connectivity index (χ1n) is 4.00. The molecule has 2 N–H and O–H groups in total. The lowest BCUT2D eigenvalue weighted by Gasteiger charge is -1.99. The standard InChI is InChI=1S/C9H9ClN2O/c1-5(13)9-7-4-6(10)2-3-8(7)11-12-9/h2-5,13H,1H3,(H,11,12). The Morgan fingerprint density at radius 2 is 2.31 bits per heavy atom. The summed E-state index contributed by atoms with van der Waals surface area (Å²) in [6.07, 6.45) is -0.577. The topological polar surface area (TPSA) is 48.9 Å². The number of nitrogens with zero attached hydrogens (tertiary/aromatic N) is 1. The van der Waals surface area contributed by atoms with Crippen LogP contribution in [-0.2, 0) is 0 Å². The van der Waals surface area contributed by atoms with E-state index in [2.05, 4.69) is 10.2 Å². The predicted molar refractivity (Wildman–Crippen MR) is 51.7 cm³/mol. The molecule has 1 aromatic carbocycles. The summed E-state index contributed by atoms with van der Waals surface area (Å²) in [4.78, 5) is 0. The molecule has 13 heavy (non-hydrogen) atoms. The summed E-state index contributed by atoms with van der Waals surface area (Å²) < 4.78 is 0. The Balaban J connectivity index is 2.71. The zero-order valence-corrected chi connectivity index (χ0v) is 7.84. The number of halogens is 1. The van der Waals surface area contributed by atoms with Crippen molar-refractivity contribution in [2.75, 3.05) is 0 Å². The molecule has 0 saturated heterocycles. The van der Waals surface area contributed by atoms with E-state index >= 15 is 0 Å². The number of hydrogen-bond acceptors (Lipinski definition) is 2. The largest absolute Gasteiger partial charge is 0.387 e. The van der Waals surface area contributed by atoms with E-state index in [0.29, 0.717) is 10.7 Å². The minimum Gasteiger partial charge on any atom is -0.387 e. The fourth-order valence-electron chi connectivity index (χ4n) is 1.33. The molecule has 2 aromatic rings. The van der Waals surface area contributed by atoms with E-state index in [1.165, 1.54) is 0 Å². The van der Waals surface area contributed by atoms with Gasteiger partial charge in [0.25, 0.3) is 0 Å². The lowest BCUT2D eigenvalue weighted by Crippen LogP contribution is -1.91. The van der Waals surface area contributed by atoms with Crippen LogP contribution in [0.25, 0.3) is 10.9 Å². The van der Waals surface area contributed by atoms with Gasteiger partial charge in [-0.1, -0.05) is 11.6 Å². The van der Waals surface area contributed by atoms with Gasteiger partial charge >= 0.3 is 0 Å². The molecular weight excluding hydrogens is 188 g/mol. The molecule has 0 radical (unpaired) electrons. The molecule has 0 spiro atoms. The first kappa shape index (κ1) is 8.53. The average molecular weight is 197 g/mol. The van der Waals surface area contributed by atoms with Crippen molar-refractivity contribution in [3.05, 3.63) is 28.9 Å². The summed E-state index contributed by atoms with van der Waals surface area (Å²) in [5.74, 6) is 0. The van der Waals surface area contributed by atoms with Crippen LogP contribution in [0.5, 0.6) is 0 Å². The van der Waals surface area contributed by atoms with Gasteiger partial charge < -0.3 is 5.11 Å². The number of fused-ring (bicyclic) bond motifs is 1. The van der Waals surface area contributed by atoms with Gasteiger partial charge in [-0.2, -0.15) is 5.10 Å². The van der Waals surface area contributed by atoms with Crippen molar-refractivity contribution in [2.24, 2.45) is 0 Å². The maximum absolute atomic E-state index is 9.38. The number of nitrogens with one attached hydrogen (secondary N) is 1. The number of hydrogen-bond donors (Lipinski definition) is 2. The second-order valence-electron chi connectivity index (χ2n) is 2.97. The summed E-state index contributed by atoms with van der Waals surface area (Å²) in [5, 5.41) is 17.7. The van der Waals surface area contributed by atoms with Gasteiger partial charge in [0.2, 0.25) is 0 Å². The van der Waals surface area contributed by atoms with E-state index in [1.807, 2.05) is 6.07 Å². The van der Waals surface area contributed by atoms with Crippen LogP contribution in [0.4, 0.5) is 0 Å². The molecule has 0 amide bonds. The number of aromatic nitrogens is 2. The third-order valence-electron chi connectivity index (χ3n) is 1.95.